The van der Waals surface area contributed by atoms with Crippen LogP contribution in [0.25, 0.3) is 0 Å². The van der Waals surface area contributed by atoms with Crippen molar-refractivity contribution in [2.75, 3.05) is 7.11 Å². The van der Waals surface area contributed by atoms with Gasteiger partial charge in [0.25, 0.3) is 5.91 Å². The molecule has 0 spiro atoms. The van der Waals surface area contributed by atoms with Gasteiger partial charge < -0.3 is 15.8 Å². The Bertz CT molecular complexity index is 512. The van der Waals surface area contributed by atoms with Crippen molar-refractivity contribution in [2.24, 2.45) is 5.73 Å². The molecular formula is C12H15N3O4. The van der Waals surface area contributed by atoms with Crippen LogP contribution < -0.4 is 15.8 Å². The van der Waals surface area contributed by atoms with Crippen molar-refractivity contribution >= 4 is 11.6 Å². The predicted molar refractivity (Wildman–Crippen MR) is 68.1 cm³/mol. The summed E-state index contributed by atoms with van der Waals surface area (Å²) in [5.74, 6) is -0.201. The van der Waals surface area contributed by atoms with Gasteiger partial charge in [-0.2, -0.15) is 0 Å². The third kappa shape index (κ3) is 2.82. The summed E-state index contributed by atoms with van der Waals surface area (Å²) >= 11 is 0. The topological polar surface area (TPSA) is 107 Å². The third-order valence-electron chi connectivity index (χ3n) is 3.15. The molecule has 0 radical (unpaired) electrons. The van der Waals surface area contributed by atoms with Crippen LogP contribution in [-0.2, 0) is 0 Å². The van der Waals surface area contributed by atoms with E-state index in [2.05, 4.69) is 5.32 Å². The van der Waals surface area contributed by atoms with Gasteiger partial charge in [0.05, 0.1) is 12.0 Å². The van der Waals surface area contributed by atoms with E-state index >= 15 is 0 Å². The standard InChI is InChI=1S/C12H15N3O4/c1-19-11-4-7(2-3-10(11)15(17)18)12(16)14-9-5-8(13)6-9/h2-4,8-9H,5-6,13H2,1H3,(H,14,16). The molecule has 0 atom stereocenters. The summed E-state index contributed by atoms with van der Waals surface area (Å²) in [5.41, 5.74) is 5.81. The van der Waals surface area contributed by atoms with Crippen LogP contribution in [-0.4, -0.2) is 30.0 Å². The molecule has 0 unspecified atom stereocenters. The van der Waals surface area contributed by atoms with Crippen molar-refractivity contribution in [2.45, 2.75) is 24.9 Å². The summed E-state index contributed by atoms with van der Waals surface area (Å²) in [7, 11) is 1.33. The molecule has 1 aliphatic carbocycles. The maximum atomic E-state index is 11.9. The van der Waals surface area contributed by atoms with E-state index in [9.17, 15) is 14.9 Å². The Hall–Kier alpha value is -2.15. The number of benzene rings is 1. The fourth-order valence-electron chi connectivity index (χ4n) is 2.02. The molecular weight excluding hydrogens is 250 g/mol. The summed E-state index contributed by atoms with van der Waals surface area (Å²) in [6.07, 6.45) is 1.52. The highest BCUT2D eigenvalue weighted by Crippen LogP contribution is 2.27. The number of carbonyl (C=O) groups excluding carboxylic acids is 1. The van der Waals surface area contributed by atoms with Crippen molar-refractivity contribution in [1.82, 2.24) is 5.32 Å². The molecule has 3 N–H and O–H groups in total. The van der Waals surface area contributed by atoms with Crippen molar-refractivity contribution in [3.05, 3.63) is 33.9 Å². The van der Waals surface area contributed by atoms with Crippen LogP contribution >= 0.6 is 0 Å². The summed E-state index contributed by atoms with van der Waals surface area (Å²) in [6.45, 7) is 0. The Labute approximate surface area is 109 Å². The highest BCUT2D eigenvalue weighted by molar-refractivity contribution is 5.95. The zero-order valence-electron chi connectivity index (χ0n) is 10.5. The quantitative estimate of drug-likeness (QED) is 0.619. The number of methoxy groups -OCH3 is 1. The predicted octanol–water partition coefficient (Wildman–Crippen LogP) is 0.823. The molecule has 1 aliphatic rings. The number of nitrogens with one attached hydrogen (secondary N) is 1. The summed E-state index contributed by atoms with van der Waals surface area (Å²) in [6, 6.07) is 4.28. The Kier molecular flexibility index (Phi) is 3.66. The Morgan fingerprint density at radius 2 is 2.21 bits per heavy atom. The maximum absolute atomic E-state index is 11.9. The number of hydrogen-bond acceptors (Lipinski definition) is 5. The number of nitrogens with two attached hydrogens (primary N) is 1. The first-order valence-corrected chi connectivity index (χ1v) is 5.90. The number of nitro groups is 1. The summed E-state index contributed by atoms with van der Waals surface area (Å²) < 4.78 is 4.92. The lowest BCUT2D eigenvalue weighted by atomic mass is 9.87. The molecule has 2 rings (SSSR count). The Morgan fingerprint density at radius 3 is 2.74 bits per heavy atom. The highest BCUT2D eigenvalue weighted by Gasteiger charge is 2.28. The zero-order valence-corrected chi connectivity index (χ0v) is 10.5. The summed E-state index contributed by atoms with van der Waals surface area (Å²) in [5, 5.41) is 13.6. The van der Waals surface area contributed by atoms with Gasteiger partial charge in [-0.25, -0.2) is 0 Å². The van der Waals surface area contributed by atoms with E-state index in [4.69, 9.17) is 10.5 Å². The molecule has 7 nitrogen and oxygen atoms in total. The molecule has 1 fully saturated rings. The van der Waals surface area contributed by atoms with E-state index in [1.54, 1.807) is 0 Å². The molecule has 0 aliphatic heterocycles. The van der Waals surface area contributed by atoms with E-state index in [1.165, 1.54) is 25.3 Å². The van der Waals surface area contributed by atoms with Crippen molar-refractivity contribution < 1.29 is 14.5 Å². The van der Waals surface area contributed by atoms with E-state index in [1.807, 2.05) is 0 Å². The van der Waals surface area contributed by atoms with Gasteiger partial charge in [-0.1, -0.05) is 0 Å². The lowest BCUT2D eigenvalue weighted by Gasteiger charge is -2.32. The molecule has 0 aromatic heterocycles. The van der Waals surface area contributed by atoms with Crippen LogP contribution in [0.1, 0.15) is 23.2 Å². The zero-order chi connectivity index (χ0) is 14.0. The van der Waals surface area contributed by atoms with Gasteiger partial charge in [0.15, 0.2) is 5.75 Å². The summed E-state index contributed by atoms with van der Waals surface area (Å²) in [4.78, 5) is 22.1. The minimum Gasteiger partial charge on any atom is -0.490 e. The van der Waals surface area contributed by atoms with Gasteiger partial charge in [-0.15, -0.1) is 0 Å². The molecule has 0 saturated heterocycles. The van der Waals surface area contributed by atoms with Gasteiger partial charge in [-0.3, -0.25) is 14.9 Å². The van der Waals surface area contributed by atoms with Crippen LogP contribution in [0.5, 0.6) is 5.75 Å². The van der Waals surface area contributed by atoms with Gasteiger partial charge in [0.1, 0.15) is 0 Å². The minimum atomic E-state index is -0.550. The Morgan fingerprint density at radius 1 is 1.53 bits per heavy atom. The number of amides is 1. The molecule has 7 heteroatoms. The van der Waals surface area contributed by atoms with Crippen molar-refractivity contribution in [3.8, 4) is 5.75 Å². The van der Waals surface area contributed by atoms with Crippen molar-refractivity contribution in [3.63, 3.8) is 0 Å². The molecule has 102 valence electrons. The molecule has 0 bridgehead atoms. The lowest BCUT2D eigenvalue weighted by Crippen LogP contribution is -2.50. The number of rotatable bonds is 4. The van der Waals surface area contributed by atoms with E-state index in [0.29, 0.717) is 5.56 Å². The van der Waals surface area contributed by atoms with Crippen LogP contribution in [0.15, 0.2) is 18.2 Å². The van der Waals surface area contributed by atoms with Crippen molar-refractivity contribution in [1.29, 1.82) is 0 Å². The number of hydrogen-bond donors (Lipinski definition) is 2. The van der Waals surface area contributed by atoms with E-state index < -0.39 is 4.92 Å². The number of nitro benzene ring substituents is 1. The minimum absolute atomic E-state index is 0.0722. The van der Waals surface area contributed by atoms with Gasteiger partial charge >= 0.3 is 5.69 Å². The molecule has 1 saturated carbocycles. The second-order valence-corrected chi connectivity index (χ2v) is 4.55. The van der Waals surface area contributed by atoms with Gasteiger partial charge in [0, 0.05) is 29.8 Å². The molecule has 1 aromatic rings. The number of carbonyl (C=O) groups is 1. The molecule has 1 amide bonds. The fourth-order valence-corrected chi connectivity index (χ4v) is 2.02. The van der Waals surface area contributed by atoms with Crippen LogP contribution in [0.3, 0.4) is 0 Å². The lowest BCUT2D eigenvalue weighted by molar-refractivity contribution is -0.385. The first-order chi connectivity index (χ1) is 9.01. The Balaban J connectivity index is 2.11. The largest absolute Gasteiger partial charge is 0.490 e. The van der Waals surface area contributed by atoms with Crippen LogP contribution in [0.4, 0.5) is 5.69 Å². The first-order valence-electron chi connectivity index (χ1n) is 5.90. The number of nitrogens with zero attached hydrogens (tertiary/aromatic N) is 1. The van der Waals surface area contributed by atoms with Gasteiger partial charge in [-0.05, 0) is 18.9 Å². The van der Waals surface area contributed by atoms with E-state index in [-0.39, 0.29) is 29.4 Å². The highest BCUT2D eigenvalue weighted by atomic mass is 16.6. The SMILES string of the molecule is COc1cc(C(=O)NC2CC(N)C2)ccc1[N+](=O)[O-]. The number of ether oxygens (including phenoxy) is 1. The molecule has 19 heavy (non-hydrogen) atoms. The average molecular weight is 265 g/mol. The fraction of sp³-hybridized carbons (Fsp3) is 0.417. The molecule has 1 aromatic carbocycles. The second-order valence-electron chi connectivity index (χ2n) is 4.55. The average Bonchev–Trinajstić information content (AvgIpc) is 2.35. The van der Waals surface area contributed by atoms with Crippen LogP contribution in [0, 0.1) is 10.1 Å². The maximum Gasteiger partial charge on any atom is 0.310 e. The van der Waals surface area contributed by atoms with E-state index in [0.717, 1.165) is 12.8 Å². The first kappa shape index (κ1) is 13.3. The second kappa shape index (κ2) is 5.23. The third-order valence-corrected chi connectivity index (χ3v) is 3.15. The molecule has 0 heterocycles. The monoisotopic (exact) mass is 265 g/mol. The van der Waals surface area contributed by atoms with Crippen LogP contribution in [0.2, 0.25) is 0 Å². The van der Waals surface area contributed by atoms with Gasteiger partial charge in [0.2, 0.25) is 0 Å². The smallest absolute Gasteiger partial charge is 0.310 e. The normalized spacial score (nSPS) is 21.4.